The Hall–Kier alpha value is -0.690. The molecule has 0 aromatic heterocycles. The fourth-order valence-electron chi connectivity index (χ4n) is 2.30. The van der Waals surface area contributed by atoms with Crippen LogP contribution in [0.1, 0.15) is 24.2 Å². The molecule has 5 N–H and O–H groups in total. The van der Waals surface area contributed by atoms with Crippen molar-refractivity contribution in [1.29, 1.82) is 0 Å². The minimum Gasteiger partial charge on any atom is -0.386 e. The third kappa shape index (κ3) is 2.50. The molecule has 1 saturated heterocycles. The lowest BCUT2D eigenvalue weighted by Gasteiger charge is -2.30. The van der Waals surface area contributed by atoms with E-state index in [1.807, 2.05) is 6.92 Å². The topological polar surface area (TPSA) is 95.9 Å². The molecule has 106 valence electrons. The number of halogens is 1. The maximum Gasteiger partial charge on any atom is 0.135 e. The second-order valence-corrected chi connectivity index (χ2v) is 5.55. The summed E-state index contributed by atoms with van der Waals surface area (Å²) < 4.78 is 5.27. The lowest BCUT2D eigenvalue weighted by molar-refractivity contribution is -0.111. The van der Waals surface area contributed by atoms with E-state index in [4.69, 9.17) is 22.1 Å². The highest BCUT2D eigenvalue weighted by Crippen LogP contribution is 2.37. The number of aliphatic hydroxyl groups is 3. The zero-order valence-electron chi connectivity index (χ0n) is 10.7. The molecule has 5 atom stereocenters. The van der Waals surface area contributed by atoms with Crippen molar-refractivity contribution in [3.8, 4) is 0 Å². The molecule has 0 unspecified atom stereocenters. The van der Waals surface area contributed by atoms with Gasteiger partial charge in [0.15, 0.2) is 0 Å². The van der Waals surface area contributed by atoms with E-state index in [9.17, 15) is 15.3 Å². The second-order valence-electron chi connectivity index (χ2n) is 5.15. The van der Waals surface area contributed by atoms with E-state index in [0.717, 1.165) is 5.56 Å². The average molecular weight is 288 g/mol. The van der Waals surface area contributed by atoms with Crippen LogP contribution in [0.5, 0.6) is 0 Å². The molecular formula is C13H18ClNO4. The van der Waals surface area contributed by atoms with Crippen LogP contribution in [0, 0.1) is 6.92 Å². The number of aliphatic hydroxyl groups excluding tert-OH is 2. The van der Waals surface area contributed by atoms with E-state index in [-0.39, 0.29) is 0 Å². The molecule has 0 spiro atoms. The maximum atomic E-state index is 10.3. The molecule has 1 aromatic rings. The third-order valence-electron chi connectivity index (χ3n) is 3.60. The highest BCUT2D eigenvalue weighted by atomic mass is 35.5. The summed E-state index contributed by atoms with van der Waals surface area (Å²) in [5, 5.41) is 30.9. The summed E-state index contributed by atoms with van der Waals surface area (Å²) in [6, 6.07) is 5.02. The van der Waals surface area contributed by atoms with Gasteiger partial charge in [-0.2, -0.15) is 0 Å². The van der Waals surface area contributed by atoms with E-state index in [1.54, 1.807) is 18.2 Å². The Bertz CT molecular complexity index is 480. The van der Waals surface area contributed by atoms with Crippen molar-refractivity contribution >= 4 is 11.6 Å². The Balaban J connectivity index is 2.29. The summed E-state index contributed by atoms with van der Waals surface area (Å²) in [4.78, 5) is 0. The predicted molar refractivity (Wildman–Crippen MR) is 70.6 cm³/mol. The molecule has 1 aromatic carbocycles. The first kappa shape index (κ1) is 14.7. The Kier molecular flexibility index (Phi) is 3.88. The zero-order valence-corrected chi connectivity index (χ0v) is 11.5. The molecule has 6 heteroatoms. The molecule has 0 aliphatic carbocycles. The molecule has 2 rings (SSSR count). The molecule has 0 bridgehead atoms. The normalized spacial score (nSPS) is 36.5. The number of nitrogens with two attached hydrogens (primary N) is 1. The van der Waals surface area contributed by atoms with Gasteiger partial charge in [-0.3, -0.25) is 0 Å². The van der Waals surface area contributed by atoms with Crippen molar-refractivity contribution in [2.24, 2.45) is 5.73 Å². The monoisotopic (exact) mass is 287 g/mol. The first-order chi connectivity index (χ1) is 8.75. The minimum absolute atomic E-state index is 0.550. The Morgan fingerprint density at radius 1 is 1.47 bits per heavy atom. The highest BCUT2D eigenvalue weighted by Gasteiger charge is 2.53. The quantitative estimate of drug-likeness (QED) is 0.634. The van der Waals surface area contributed by atoms with Crippen molar-refractivity contribution < 1.29 is 20.1 Å². The van der Waals surface area contributed by atoms with Crippen molar-refractivity contribution in [3.05, 3.63) is 34.3 Å². The van der Waals surface area contributed by atoms with Crippen LogP contribution in [0.4, 0.5) is 0 Å². The van der Waals surface area contributed by atoms with Gasteiger partial charge >= 0.3 is 0 Å². The Morgan fingerprint density at radius 2 is 2.11 bits per heavy atom. The van der Waals surface area contributed by atoms with Gasteiger partial charge in [0, 0.05) is 5.02 Å². The molecule has 5 nitrogen and oxygen atoms in total. The number of rotatable bonds is 2. The van der Waals surface area contributed by atoms with E-state index >= 15 is 0 Å². The summed E-state index contributed by atoms with van der Waals surface area (Å²) in [7, 11) is 0. The molecule has 0 amide bonds. The van der Waals surface area contributed by atoms with Crippen LogP contribution in [0.15, 0.2) is 18.2 Å². The molecular weight excluding hydrogens is 270 g/mol. The van der Waals surface area contributed by atoms with Crippen molar-refractivity contribution in [3.63, 3.8) is 0 Å². The smallest absolute Gasteiger partial charge is 0.135 e. The number of hydrogen-bond donors (Lipinski definition) is 4. The van der Waals surface area contributed by atoms with Crippen molar-refractivity contribution in [2.45, 2.75) is 44.0 Å². The Labute approximate surface area is 116 Å². The summed E-state index contributed by atoms with van der Waals surface area (Å²) in [5.74, 6) is 0. The molecule has 1 heterocycles. The fraction of sp³-hybridized carbons (Fsp3) is 0.538. The molecule has 1 aliphatic heterocycles. The number of ether oxygens (including phenoxy) is 1. The fourth-order valence-corrected chi connectivity index (χ4v) is 2.42. The van der Waals surface area contributed by atoms with Gasteiger partial charge in [-0.25, -0.2) is 0 Å². The van der Waals surface area contributed by atoms with Crippen LogP contribution >= 0.6 is 11.6 Å². The van der Waals surface area contributed by atoms with Crippen molar-refractivity contribution in [1.82, 2.24) is 0 Å². The standard InChI is InChI=1S/C13H18ClNO4/c1-6-5-7(3-4-8(6)14)9(16)11-13(2,18)10(17)12(15)19-11/h3-5,9-12,16-18H,15H2,1-2H3/t9-,10+,11-,12-,13+/m1/s1. The van der Waals surface area contributed by atoms with Crippen LogP contribution in [0.2, 0.25) is 5.02 Å². The van der Waals surface area contributed by atoms with Crippen LogP contribution in [-0.2, 0) is 4.74 Å². The van der Waals surface area contributed by atoms with Crippen LogP contribution < -0.4 is 5.73 Å². The van der Waals surface area contributed by atoms with Crippen LogP contribution in [-0.4, -0.2) is 39.4 Å². The van der Waals surface area contributed by atoms with Gasteiger partial charge in [-0.05, 0) is 31.0 Å². The van der Waals surface area contributed by atoms with Gasteiger partial charge in [0.1, 0.15) is 30.1 Å². The molecule has 1 fully saturated rings. The summed E-state index contributed by atoms with van der Waals surface area (Å²) >= 11 is 5.93. The largest absolute Gasteiger partial charge is 0.386 e. The number of aryl methyl sites for hydroxylation is 1. The van der Waals surface area contributed by atoms with Gasteiger partial charge in [-0.1, -0.05) is 23.7 Å². The molecule has 0 saturated carbocycles. The van der Waals surface area contributed by atoms with E-state index in [2.05, 4.69) is 0 Å². The van der Waals surface area contributed by atoms with Crippen molar-refractivity contribution in [2.75, 3.05) is 0 Å². The molecule has 1 aliphatic rings. The Morgan fingerprint density at radius 3 is 2.58 bits per heavy atom. The lowest BCUT2D eigenvalue weighted by atomic mass is 9.88. The lowest BCUT2D eigenvalue weighted by Crippen LogP contribution is -2.48. The third-order valence-corrected chi connectivity index (χ3v) is 4.02. The van der Waals surface area contributed by atoms with Gasteiger partial charge in [0.25, 0.3) is 0 Å². The van der Waals surface area contributed by atoms with Crippen LogP contribution in [0.3, 0.4) is 0 Å². The van der Waals surface area contributed by atoms with Gasteiger partial charge in [0.2, 0.25) is 0 Å². The SMILES string of the molecule is Cc1cc([C@@H](O)[C@H]2O[C@@H](N)[C@H](O)[C@]2(C)O)ccc1Cl. The average Bonchev–Trinajstić information content (AvgIpc) is 2.55. The highest BCUT2D eigenvalue weighted by molar-refractivity contribution is 6.31. The maximum absolute atomic E-state index is 10.3. The van der Waals surface area contributed by atoms with E-state index in [0.29, 0.717) is 10.6 Å². The number of hydrogen-bond acceptors (Lipinski definition) is 5. The van der Waals surface area contributed by atoms with E-state index in [1.165, 1.54) is 6.92 Å². The summed E-state index contributed by atoms with van der Waals surface area (Å²) in [6.07, 6.45) is -4.38. The molecule has 0 radical (unpaired) electrons. The minimum atomic E-state index is -1.62. The number of benzene rings is 1. The first-order valence-corrected chi connectivity index (χ1v) is 6.38. The zero-order chi connectivity index (χ0) is 14.4. The second kappa shape index (κ2) is 5.01. The summed E-state index contributed by atoms with van der Waals surface area (Å²) in [6.45, 7) is 3.20. The van der Waals surface area contributed by atoms with E-state index < -0.39 is 30.1 Å². The first-order valence-electron chi connectivity index (χ1n) is 6.00. The molecule has 19 heavy (non-hydrogen) atoms. The summed E-state index contributed by atoms with van der Waals surface area (Å²) in [5.41, 5.74) is 5.29. The van der Waals surface area contributed by atoms with Gasteiger partial charge < -0.3 is 25.8 Å². The van der Waals surface area contributed by atoms with Gasteiger partial charge in [-0.15, -0.1) is 0 Å². The van der Waals surface area contributed by atoms with Gasteiger partial charge in [0.05, 0.1) is 0 Å². The van der Waals surface area contributed by atoms with Crippen LogP contribution in [0.25, 0.3) is 0 Å². The predicted octanol–water partition coefficient (Wildman–Crippen LogP) is 0.477.